The lowest BCUT2D eigenvalue weighted by atomic mass is 9.94. The van der Waals surface area contributed by atoms with E-state index in [-0.39, 0.29) is 0 Å². The van der Waals surface area contributed by atoms with E-state index in [4.69, 9.17) is 0 Å². The molecule has 1 aromatic rings. The Hall–Kier alpha value is -0.380. The van der Waals surface area contributed by atoms with E-state index in [2.05, 4.69) is 47.4 Å². The van der Waals surface area contributed by atoms with Crippen LogP contribution in [0.2, 0.25) is 0 Å². The molecule has 3 heteroatoms. The van der Waals surface area contributed by atoms with Gasteiger partial charge in [0, 0.05) is 31.2 Å². The first-order chi connectivity index (χ1) is 9.65. The van der Waals surface area contributed by atoms with Gasteiger partial charge in [-0.1, -0.05) is 13.8 Å². The summed E-state index contributed by atoms with van der Waals surface area (Å²) in [4.78, 5) is 5.56. The van der Waals surface area contributed by atoms with Crippen LogP contribution in [0.3, 0.4) is 0 Å². The maximum Gasteiger partial charge on any atom is 0.0249 e. The first kappa shape index (κ1) is 14.6. The van der Waals surface area contributed by atoms with E-state index in [9.17, 15) is 0 Å². The molecule has 2 aliphatic rings. The molecule has 0 aliphatic carbocycles. The molecule has 3 rings (SSSR count). The van der Waals surface area contributed by atoms with Crippen molar-refractivity contribution in [2.45, 2.75) is 58.2 Å². The molecule has 3 heterocycles. The normalized spacial score (nSPS) is 29.8. The predicted octanol–water partition coefficient (Wildman–Crippen LogP) is 3.48. The monoisotopic (exact) mass is 292 g/mol. The van der Waals surface area contributed by atoms with E-state index in [1.807, 2.05) is 11.3 Å². The summed E-state index contributed by atoms with van der Waals surface area (Å²) in [5, 5.41) is 4.52. The Morgan fingerprint density at radius 3 is 2.85 bits per heavy atom. The van der Waals surface area contributed by atoms with E-state index in [1.165, 1.54) is 44.5 Å². The summed E-state index contributed by atoms with van der Waals surface area (Å²) in [6.45, 7) is 11.1. The third-order valence-corrected chi connectivity index (χ3v) is 5.95. The molecular weight excluding hydrogens is 264 g/mol. The fourth-order valence-electron chi connectivity index (χ4n) is 4.03. The summed E-state index contributed by atoms with van der Waals surface area (Å²) in [7, 11) is 0. The molecule has 2 nitrogen and oxygen atoms in total. The van der Waals surface area contributed by atoms with Crippen LogP contribution in [-0.4, -0.2) is 47.6 Å². The SMILES string of the molecule is CC(C)C1CN2CCCC2CN1C(C)Cc1ccsc1. The molecule has 3 unspecified atom stereocenters. The van der Waals surface area contributed by atoms with Crippen LogP contribution in [0.1, 0.15) is 39.2 Å². The van der Waals surface area contributed by atoms with Gasteiger partial charge in [-0.15, -0.1) is 0 Å². The summed E-state index contributed by atoms with van der Waals surface area (Å²) < 4.78 is 0. The third kappa shape index (κ3) is 2.95. The van der Waals surface area contributed by atoms with Gasteiger partial charge in [0.2, 0.25) is 0 Å². The molecule has 0 radical (unpaired) electrons. The number of nitrogens with zero attached hydrogens (tertiary/aromatic N) is 2. The molecule has 2 aliphatic heterocycles. The average Bonchev–Trinajstić information content (AvgIpc) is 3.06. The summed E-state index contributed by atoms with van der Waals surface area (Å²) in [5.74, 6) is 0.751. The highest BCUT2D eigenvalue weighted by molar-refractivity contribution is 7.07. The van der Waals surface area contributed by atoms with Crippen molar-refractivity contribution in [3.63, 3.8) is 0 Å². The molecule has 2 fully saturated rings. The molecule has 2 saturated heterocycles. The molecule has 0 saturated carbocycles. The predicted molar refractivity (Wildman–Crippen MR) is 87.4 cm³/mol. The molecular formula is C17H28N2S. The number of thiophene rings is 1. The van der Waals surface area contributed by atoms with E-state index in [1.54, 1.807) is 0 Å². The number of hydrogen-bond donors (Lipinski definition) is 0. The Balaban J connectivity index is 1.70. The van der Waals surface area contributed by atoms with Gasteiger partial charge in [0.05, 0.1) is 0 Å². The van der Waals surface area contributed by atoms with Gasteiger partial charge in [-0.25, -0.2) is 0 Å². The van der Waals surface area contributed by atoms with Gasteiger partial charge in [-0.05, 0) is 61.0 Å². The number of fused-ring (bicyclic) bond motifs is 1. The topological polar surface area (TPSA) is 6.48 Å². The van der Waals surface area contributed by atoms with Crippen LogP contribution in [0.25, 0.3) is 0 Å². The van der Waals surface area contributed by atoms with Gasteiger partial charge in [-0.3, -0.25) is 9.80 Å². The van der Waals surface area contributed by atoms with E-state index >= 15 is 0 Å². The molecule has 0 spiro atoms. The Bertz CT molecular complexity index is 415. The molecule has 1 aromatic heterocycles. The minimum atomic E-state index is 0.666. The number of rotatable bonds is 4. The molecule has 0 N–H and O–H groups in total. The summed E-state index contributed by atoms with van der Waals surface area (Å²) in [5.41, 5.74) is 1.51. The molecule has 0 bridgehead atoms. The second-order valence-electron chi connectivity index (χ2n) is 6.98. The van der Waals surface area contributed by atoms with Gasteiger partial charge in [0.1, 0.15) is 0 Å². The fraction of sp³-hybridized carbons (Fsp3) is 0.765. The van der Waals surface area contributed by atoms with Gasteiger partial charge in [-0.2, -0.15) is 11.3 Å². The zero-order chi connectivity index (χ0) is 14.1. The quantitative estimate of drug-likeness (QED) is 0.838. The Morgan fingerprint density at radius 1 is 1.30 bits per heavy atom. The highest BCUT2D eigenvalue weighted by atomic mass is 32.1. The van der Waals surface area contributed by atoms with Crippen molar-refractivity contribution < 1.29 is 0 Å². The van der Waals surface area contributed by atoms with Gasteiger partial charge >= 0.3 is 0 Å². The van der Waals surface area contributed by atoms with E-state index in [0.717, 1.165) is 18.0 Å². The van der Waals surface area contributed by atoms with Crippen molar-refractivity contribution >= 4 is 11.3 Å². The van der Waals surface area contributed by atoms with Crippen LogP contribution in [0.5, 0.6) is 0 Å². The zero-order valence-electron chi connectivity index (χ0n) is 13.1. The van der Waals surface area contributed by atoms with Crippen molar-refractivity contribution in [1.82, 2.24) is 9.80 Å². The highest BCUT2D eigenvalue weighted by Gasteiger charge is 2.39. The molecule has 20 heavy (non-hydrogen) atoms. The first-order valence-electron chi connectivity index (χ1n) is 8.16. The van der Waals surface area contributed by atoms with Crippen LogP contribution in [-0.2, 0) is 6.42 Å². The summed E-state index contributed by atoms with van der Waals surface area (Å²) >= 11 is 1.82. The van der Waals surface area contributed by atoms with Crippen molar-refractivity contribution in [3.8, 4) is 0 Å². The van der Waals surface area contributed by atoms with Gasteiger partial charge in [0.25, 0.3) is 0 Å². The van der Waals surface area contributed by atoms with Crippen LogP contribution in [0, 0.1) is 5.92 Å². The van der Waals surface area contributed by atoms with Crippen LogP contribution in [0.4, 0.5) is 0 Å². The van der Waals surface area contributed by atoms with Crippen LogP contribution < -0.4 is 0 Å². The standard InChI is InChI=1S/C17H28N2S/c1-13(2)17-11-18-7-4-5-16(18)10-19(17)14(3)9-15-6-8-20-12-15/h6,8,12-14,16-17H,4-5,7,9-11H2,1-3H3. The maximum absolute atomic E-state index is 2.81. The smallest absolute Gasteiger partial charge is 0.0249 e. The number of piperazine rings is 1. The van der Waals surface area contributed by atoms with Crippen molar-refractivity contribution in [1.29, 1.82) is 0 Å². The average molecular weight is 292 g/mol. The van der Waals surface area contributed by atoms with E-state index < -0.39 is 0 Å². The molecule has 112 valence electrons. The molecule has 3 atom stereocenters. The van der Waals surface area contributed by atoms with Crippen molar-refractivity contribution in [2.24, 2.45) is 5.92 Å². The lowest BCUT2D eigenvalue weighted by Gasteiger charge is -2.48. The lowest BCUT2D eigenvalue weighted by Crippen LogP contribution is -2.60. The summed E-state index contributed by atoms with van der Waals surface area (Å²) in [6.07, 6.45) is 4.02. The third-order valence-electron chi connectivity index (χ3n) is 5.22. The van der Waals surface area contributed by atoms with Crippen molar-refractivity contribution in [2.75, 3.05) is 19.6 Å². The highest BCUT2D eigenvalue weighted by Crippen LogP contribution is 2.29. The zero-order valence-corrected chi connectivity index (χ0v) is 13.9. The second-order valence-corrected chi connectivity index (χ2v) is 7.76. The Kier molecular flexibility index (Phi) is 4.49. The Morgan fingerprint density at radius 2 is 2.15 bits per heavy atom. The fourth-order valence-corrected chi connectivity index (χ4v) is 4.72. The van der Waals surface area contributed by atoms with Crippen LogP contribution >= 0.6 is 11.3 Å². The molecule has 0 aromatic carbocycles. The second kappa shape index (κ2) is 6.17. The Labute approximate surface area is 127 Å². The number of hydrogen-bond acceptors (Lipinski definition) is 3. The van der Waals surface area contributed by atoms with Gasteiger partial charge in [0.15, 0.2) is 0 Å². The van der Waals surface area contributed by atoms with Crippen molar-refractivity contribution in [3.05, 3.63) is 22.4 Å². The molecule has 0 amide bonds. The largest absolute Gasteiger partial charge is 0.298 e. The minimum Gasteiger partial charge on any atom is -0.298 e. The maximum atomic E-state index is 2.81. The summed E-state index contributed by atoms with van der Waals surface area (Å²) in [6, 6.07) is 4.52. The van der Waals surface area contributed by atoms with Gasteiger partial charge < -0.3 is 0 Å². The lowest BCUT2D eigenvalue weighted by molar-refractivity contribution is 0.00489. The van der Waals surface area contributed by atoms with Crippen LogP contribution in [0.15, 0.2) is 16.8 Å². The van der Waals surface area contributed by atoms with E-state index in [0.29, 0.717) is 6.04 Å². The minimum absolute atomic E-state index is 0.666. The first-order valence-corrected chi connectivity index (χ1v) is 9.10.